The summed E-state index contributed by atoms with van der Waals surface area (Å²) in [6.07, 6.45) is 1.34. The van der Waals surface area contributed by atoms with E-state index in [0.29, 0.717) is 12.8 Å². The lowest BCUT2D eigenvalue weighted by atomic mass is 9.98. The number of nitrogens with one attached hydrogen (secondary N) is 2. The number of methoxy groups -OCH3 is 1. The van der Waals surface area contributed by atoms with Gasteiger partial charge in [-0.3, -0.25) is 0 Å². The maximum Gasteiger partial charge on any atom is 0.319 e. The third kappa shape index (κ3) is 5.48. The van der Waals surface area contributed by atoms with Crippen LogP contribution in [0.1, 0.15) is 16.7 Å². The second kappa shape index (κ2) is 9.43. The Kier molecular flexibility index (Phi) is 6.26. The van der Waals surface area contributed by atoms with Crippen LogP contribution >= 0.6 is 0 Å². The highest BCUT2D eigenvalue weighted by atomic mass is 16.7. The summed E-state index contributed by atoms with van der Waals surface area (Å²) in [4.78, 5) is 12.7. The van der Waals surface area contributed by atoms with Gasteiger partial charge < -0.3 is 24.8 Å². The smallest absolute Gasteiger partial charge is 0.319 e. The third-order valence-electron chi connectivity index (χ3n) is 5.17. The van der Waals surface area contributed by atoms with Crippen LogP contribution in [-0.4, -0.2) is 26.0 Å². The summed E-state index contributed by atoms with van der Waals surface area (Å²) >= 11 is 0. The molecule has 0 saturated heterocycles. The summed E-state index contributed by atoms with van der Waals surface area (Å²) in [6.45, 7) is 2.24. The Morgan fingerprint density at radius 3 is 2.48 bits per heavy atom. The number of aryl methyl sites for hydroxylation is 1. The van der Waals surface area contributed by atoms with Crippen molar-refractivity contribution in [3.63, 3.8) is 0 Å². The fourth-order valence-electron chi connectivity index (χ4n) is 3.65. The second-order valence-electron chi connectivity index (χ2n) is 7.61. The minimum Gasteiger partial charge on any atom is -0.497 e. The zero-order chi connectivity index (χ0) is 21.6. The molecule has 0 bridgehead atoms. The molecule has 0 aromatic heterocycles. The number of carbonyl (C=O) groups excluding carboxylic acids is 1. The van der Waals surface area contributed by atoms with Gasteiger partial charge in [-0.15, -0.1) is 0 Å². The highest BCUT2D eigenvalue weighted by molar-refractivity contribution is 5.89. The standard InChI is InChI=1S/C25H26N2O4/c1-17-4-3-5-20(12-17)26-25(28)27-21(13-18-6-9-22(29-2)10-7-18)14-19-8-11-23-24(15-19)31-16-30-23/h3-12,15,21H,13-14,16H2,1-2H3,(H2,26,27,28)/t21-/m1/s1. The van der Waals surface area contributed by atoms with E-state index in [1.165, 1.54) is 0 Å². The van der Waals surface area contributed by atoms with E-state index in [2.05, 4.69) is 10.6 Å². The highest BCUT2D eigenvalue weighted by Gasteiger charge is 2.18. The molecular formula is C25H26N2O4. The van der Waals surface area contributed by atoms with Gasteiger partial charge in [0.25, 0.3) is 0 Å². The third-order valence-corrected chi connectivity index (χ3v) is 5.17. The Morgan fingerprint density at radius 1 is 0.968 bits per heavy atom. The molecule has 2 amide bonds. The minimum absolute atomic E-state index is 0.112. The first-order valence-corrected chi connectivity index (χ1v) is 10.2. The monoisotopic (exact) mass is 418 g/mol. The SMILES string of the molecule is COc1ccc(C[C@H](Cc2ccc3c(c2)OCO3)NC(=O)Nc2cccc(C)c2)cc1. The molecule has 0 radical (unpaired) electrons. The van der Waals surface area contributed by atoms with Gasteiger partial charge in [0.2, 0.25) is 6.79 Å². The van der Waals surface area contributed by atoms with Crippen LogP contribution in [0.5, 0.6) is 17.2 Å². The summed E-state index contributed by atoms with van der Waals surface area (Å²) in [5, 5.41) is 6.05. The second-order valence-corrected chi connectivity index (χ2v) is 7.61. The summed E-state index contributed by atoms with van der Waals surface area (Å²) < 4.78 is 16.2. The van der Waals surface area contributed by atoms with Crippen LogP contribution in [0.3, 0.4) is 0 Å². The Labute approximate surface area is 182 Å². The molecule has 0 unspecified atom stereocenters. The first kappa shape index (κ1) is 20.6. The van der Waals surface area contributed by atoms with Crippen LogP contribution in [0.25, 0.3) is 0 Å². The molecule has 3 aromatic carbocycles. The van der Waals surface area contributed by atoms with Crippen molar-refractivity contribution in [2.24, 2.45) is 0 Å². The van der Waals surface area contributed by atoms with Gasteiger partial charge in [0.15, 0.2) is 11.5 Å². The van der Waals surface area contributed by atoms with E-state index in [1.807, 2.05) is 73.7 Å². The van der Waals surface area contributed by atoms with Crippen molar-refractivity contribution < 1.29 is 19.0 Å². The van der Waals surface area contributed by atoms with Gasteiger partial charge in [-0.25, -0.2) is 4.79 Å². The predicted octanol–water partition coefficient (Wildman–Crippen LogP) is 4.71. The van der Waals surface area contributed by atoms with Crippen molar-refractivity contribution in [3.8, 4) is 17.2 Å². The summed E-state index contributed by atoms with van der Waals surface area (Å²) in [6, 6.07) is 21.2. The van der Waals surface area contributed by atoms with Gasteiger partial charge in [-0.1, -0.05) is 30.3 Å². The maximum absolute atomic E-state index is 12.7. The fraction of sp³-hybridized carbons (Fsp3) is 0.240. The molecule has 160 valence electrons. The largest absolute Gasteiger partial charge is 0.497 e. The van der Waals surface area contributed by atoms with Crippen LogP contribution in [0, 0.1) is 6.92 Å². The zero-order valence-corrected chi connectivity index (χ0v) is 17.7. The number of hydrogen-bond donors (Lipinski definition) is 2. The van der Waals surface area contributed by atoms with Crippen LogP contribution in [0.2, 0.25) is 0 Å². The summed E-state index contributed by atoms with van der Waals surface area (Å²) in [7, 11) is 1.65. The molecule has 0 aliphatic carbocycles. The van der Waals surface area contributed by atoms with Gasteiger partial charge in [0.05, 0.1) is 7.11 Å². The molecule has 4 rings (SSSR count). The number of carbonyl (C=O) groups is 1. The van der Waals surface area contributed by atoms with E-state index in [-0.39, 0.29) is 18.9 Å². The molecule has 6 nitrogen and oxygen atoms in total. The first-order chi connectivity index (χ1) is 15.1. The van der Waals surface area contributed by atoms with Crippen LogP contribution < -0.4 is 24.8 Å². The number of anilines is 1. The Hall–Kier alpha value is -3.67. The van der Waals surface area contributed by atoms with Gasteiger partial charge in [-0.05, 0) is 72.9 Å². The van der Waals surface area contributed by atoms with Gasteiger partial charge >= 0.3 is 6.03 Å². The Morgan fingerprint density at radius 2 is 1.71 bits per heavy atom. The quantitative estimate of drug-likeness (QED) is 0.583. The number of amides is 2. The fourth-order valence-corrected chi connectivity index (χ4v) is 3.65. The van der Waals surface area contributed by atoms with Crippen LogP contribution in [0.4, 0.5) is 10.5 Å². The van der Waals surface area contributed by atoms with E-state index >= 15 is 0 Å². The summed E-state index contributed by atoms with van der Waals surface area (Å²) in [5.74, 6) is 2.30. The van der Waals surface area contributed by atoms with E-state index in [9.17, 15) is 4.79 Å². The van der Waals surface area contributed by atoms with E-state index in [4.69, 9.17) is 14.2 Å². The van der Waals surface area contributed by atoms with Crippen molar-refractivity contribution in [2.75, 3.05) is 19.2 Å². The van der Waals surface area contributed by atoms with E-state index in [1.54, 1.807) is 7.11 Å². The maximum atomic E-state index is 12.7. The molecule has 1 aliphatic rings. The molecule has 2 N–H and O–H groups in total. The predicted molar refractivity (Wildman–Crippen MR) is 120 cm³/mol. The van der Waals surface area contributed by atoms with Crippen molar-refractivity contribution in [3.05, 3.63) is 83.4 Å². The van der Waals surface area contributed by atoms with Crippen molar-refractivity contribution in [1.82, 2.24) is 5.32 Å². The summed E-state index contributed by atoms with van der Waals surface area (Å²) in [5.41, 5.74) is 4.04. The van der Waals surface area contributed by atoms with Crippen molar-refractivity contribution >= 4 is 11.7 Å². The number of hydrogen-bond acceptors (Lipinski definition) is 4. The lowest BCUT2D eigenvalue weighted by molar-refractivity contribution is 0.174. The number of fused-ring (bicyclic) bond motifs is 1. The van der Waals surface area contributed by atoms with Gasteiger partial charge in [0, 0.05) is 11.7 Å². The van der Waals surface area contributed by atoms with Crippen LogP contribution in [0.15, 0.2) is 66.7 Å². The average molecular weight is 418 g/mol. The highest BCUT2D eigenvalue weighted by Crippen LogP contribution is 2.33. The topological polar surface area (TPSA) is 68.8 Å². The number of urea groups is 1. The molecular weight excluding hydrogens is 392 g/mol. The zero-order valence-electron chi connectivity index (χ0n) is 17.7. The van der Waals surface area contributed by atoms with E-state index < -0.39 is 0 Å². The minimum atomic E-state index is -0.232. The Bertz CT molecular complexity index is 1050. The lowest BCUT2D eigenvalue weighted by Crippen LogP contribution is -2.40. The lowest BCUT2D eigenvalue weighted by Gasteiger charge is -2.20. The van der Waals surface area contributed by atoms with Crippen molar-refractivity contribution in [2.45, 2.75) is 25.8 Å². The molecule has 0 spiro atoms. The molecule has 1 heterocycles. The normalized spacial score (nSPS) is 12.8. The van der Waals surface area contributed by atoms with E-state index in [0.717, 1.165) is 39.6 Å². The Balaban J connectivity index is 1.48. The molecule has 1 atom stereocenters. The molecule has 3 aromatic rings. The number of benzene rings is 3. The molecule has 6 heteroatoms. The molecule has 0 saturated carbocycles. The molecule has 31 heavy (non-hydrogen) atoms. The molecule has 1 aliphatic heterocycles. The van der Waals surface area contributed by atoms with Crippen molar-refractivity contribution in [1.29, 1.82) is 0 Å². The van der Waals surface area contributed by atoms with Gasteiger partial charge in [0.1, 0.15) is 5.75 Å². The molecule has 0 fully saturated rings. The first-order valence-electron chi connectivity index (χ1n) is 10.2. The van der Waals surface area contributed by atoms with Crippen LogP contribution in [-0.2, 0) is 12.8 Å². The number of ether oxygens (including phenoxy) is 3. The number of rotatable bonds is 7. The average Bonchev–Trinajstić information content (AvgIpc) is 3.22. The van der Waals surface area contributed by atoms with Gasteiger partial charge in [-0.2, -0.15) is 0 Å².